The number of hydrogen-bond acceptors (Lipinski definition) is 3. The molecule has 0 aliphatic carbocycles. The van der Waals surface area contributed by atoms with E-state index in [0.29, 0.717) is 24.2 Å². The van der Waals surface area contributed by atoms with E-state index in [0.717, 1.165) is 11.6 Å². The fourth-order valence-electron chi connectivity index (χ4n) is 1.85. The van der Waals surface area contributed by atoms with Crippen LogP contribution in [-0.4, -0.2) is 16.0 Å². The first-order valence-corrected chi connectivity index (χ1v) is 6.03. The van der Waals surface area contributed by atoms with E-state index < -0.39 is 11.6 Å². The van der Waals surface area contributed by atoms with Crippen molar-refractivity contribution in [1.29, 1.82) is 0 Å². The number of nitrogens with zero attached hydrogens (tertiary/aromatic N) is 2. The van der Waals surface area contributed by atoms with E-state index in [1.807, 2.05) is 6.92 Å². The van der Waals surface area contributed by atoms with Crippen LogP contribution >= 0.6 is 0 Å². The highest BCUT2D eigenvalue weighted by Gasteiger charge is 2.05. The Hall–Kier alpha value is -1.88. The van der Waals surface area contributed by atoms with Gasteiger partial charge < -0.3 is 5.73 Å². The number of halogens is 2. The van der Waals surface area contributed by atoms with Gasteiger partial charge in [-0.1, -0.05) is 0 Å². The van der Waals surface area contributed by atoms with Crippen LogP contribution < -0.4 is 5.73 Å². The SMILES string of the molecule is CC(N)Cc1cnc(Cc2cc(F)cc(F)c2)nc1. The van der Waals surface area contributed by atoms with E-state index in [1.165, 1.54) is 12.1 Å². The summed E-state index contributed by atoms with van der Waals surface area (Å²) in [4.78, 5) is 8.35. The van der Waals surface area contributed by atoms with Gasteiger partial charge in [-0.15, -0.1) is 0 Å². The van der Waals surface area contributed by atoms with Crippen LogP contribution in [0.15, 0.2) is 30.6 Å². The molecule has 0 spiro atoms. The van der Waals surface area contributed by atoms with Gasteiger partial charge in [0.1, 0.15) is 17.5 Å². The summed E-state index contributed by atoms with van der Waals surface area (Å²) in [6, 6.07) is 3.45. The molecule has 0 aliphatic rings. The molecule has 2 rings (SSSR count). The normalized spacial score (nSPS) is 12.4. The van der Waals surface area contributed by atoms with Gasteiger partial charge in [0.15, 0.2) is 0 Å². The summed E-state index contributed by atoms with van der Waals surface area (Å²) in [5, 5.41) is 0. The van der Waals surface area contributed by atoms with Gasteiger partial charge in [-0.25, -0.2) is 18.7 Å². The predicted molar refractivity (Wildman–Crippen MR) is 68.5 cm³/mol. The molecule has 0 saturated carbocycles. The minimum absolute atomic E-state index is 0.0479. The lowest BCUT2D eigenvalue weighted by atomic mass is 10.1. The second-order valence-corrected chi connectivity index (χ2v) is 4.64. The lowest BCUT2D eigenvalue weighted by molar-refractivity contribution is 0.580. The van der Waals surface area contributed by atoms with Gasteiger partial charge in [0.25, 0.3) is 0 Å². The summed E-state index contributed by atoms with van der Waals surface area (Å²) in [5.41, 5.74) is 7.14. The average molecular weight is 263 g/mol. The van der Waals surface area contributed by atoms with Crippen LogP contribution in [0.3, 0.4) is 0 Å². The summed E-state index contributed by atoms with van der Waals surface area (Å²) >= 11 is 0. The molecule has 1 unspecified atom stereocenters. The van der Waals surface area contributed by atoms with E-state index in [1.54, 1.807) is 12.4 Å². The fraction of sp³-hybridized carbons (Fsp3) is 0.286. The largest absolute Gasteiger partial charge is 0.328 e. The summed E-state index contributed by atoms with van der Waals surface area (Å²) in [6.07, 6.45) is 4.39. The van der Waals surface area contributed by atoms with Gasteiger partial charge in [0, 0.05) is 30.9 Å². The molecule has 0 radical (unpaired) electrons. The highest BCUT2D eigenvalue weighted by molar-refractivity contribution is 5.21. The van der Waals surface area contributed by atoms with Crippen molar-refractivity contribution in [2.75, 3.05) is 0 Å². The Morgan fingerprint density at radius 2 is 1.63 bits per heavy atom. The van der Waals surface area contributed by atoms with Gasteiger partial charge >= 0.3 is 0 Å². The van der Waals surface area contributed by atoms with E-state index in [2.05, 4.69) is 9.97 Å². The van der Waals surface area contributed by atoms with Crippen LogP contribution in [0.5, 0.6) is 0 Å². The number of hydrogen-bond donors (Lipinski definition) is 1. The lowest BCUT2D eigenvalue weighted by Crippen LogP contribution is -2.18. The molecule has 2 aromatic rings. The quantitative estimate of drug-likeness (QED) is 0.920. The van der Waals surface area contributed by atoms with Crippen molar-refractivity contribution in [3.8, 4) is 0 Å². The molecule has 19 heavy (non-hydrogen) atoms. The smallest absolute Gasteiger partial charge is 0.132 e. The van der Waals surface area contributed by atoms with Gasteiger partial charge in [0.05, 0.1) is 0 Å². The van der Waals surface area contributed by atoms with Crippen molar-refractivity contribution >= 4 is 0 Å². The summed E-state index contributed by atoms with van der Waals surface area (Å²) in [7, 11) is 0. The van der Waals surface area contributed by atoms with Crippen molar-refractivity contribution in [2.45, 2.75) is 25.8 Å². The van der Waals surface area contributed by atoms with Gasteiger partial charge in [0.2, 0.25) is 0 Å². The Kier molecular flexibility index (Phi) is 4.16. The van der Waals surface area contributed by atoms with Crippen molar-refractivity contribution < 1.29 is 8.78 Å². The highest BCUT2D eigenvalue weighted by atomic mass is 19.1. The van der Waals surface area contributed by atoms with E-state index in [-0.39, 0.29) is 6.04 Å². The summed E-state index contributed by atoms with van der Waals surface area (Å²) < 4.78 is 26.1. The Labute approximate surface area is 110 Å². The molecule has 1 heterocycles. The Balaban J connectivity index is 2.10. The monoisotopic (exact) mass is 263 g/mol. The number of benzene rings is 1. The first kappa shape index (κ1) is 13.5. The Morgan fingerprint density at radius 1 is 1.05 bits per heavy atom. The van der Waals surface area contributed by atoms with Crippen molar-refractivity contribution in [3.05, 3.63) is 59.2 Å². The average Bonchev–Trinajstić information content (AvgIpc) is 2.29. The number of aromatic nitrogens is 2. The maximum absolute atomic E-state index is 13.0. The third kappa shape index (κ3) is 4.06. The first-order valence-electron chi connectivity index (χ1n) is 6.03. The Bertz CT molecular complexity index is 533. The van der Waals surface area contributed by atoms with Crippen molar-refractivity contribution in [2.24, 2.45) is 5.73 Å². The minimum atomic E-state index is -0.594. The topological polar surface area (TPSA) is 51.8 Å². The van der Waals surface area contributed by atoms with Crippen LogP contribution in [0.2, 0.25) is 0 Å². The minimum Gasteiger partial charge on any atom is -0.328 e. The second kappa shape index (κ2) is 5.84. The summed E-state index contributed by atoms with van der Waals surface area (Å²) in [5.74, 6) is -0.662. The zero-order valence-corrected chi connectivity index (χ0v) is 10.6. The van der Waals surface area contributed by atoms with E-state index >= 15 is 0 Å². The van der Waals surface area contributed by atoms with Gasteiger partial charge in [-0.3, -0.25) is 0 Å². The molecule has 1 atom stereocenters. The van der Waals surface area contributed by atoms with Crippen LogP contribution in [0, 0.1) is 11.6 Å². The molecular weight excluding hydrogens is 248 g/mol. The molecule has 0 amide bonds. The zero-order valence-electron chi connectivity index (χ0n) is 10.6. The summed E-state index contributed by atoms with van der Waals surface area (Å²) in [6.45, 7) is 1.91. The van der Waals surface area contributed by atoms with Crippen LogP contribution in [0.1, 0.15) is 23.9 Å². The predicted octanol–water partition coefficient (Wildman–Crippen LogP) is 2.24. The molecule has 2 N–H and O–H groups in total. The molecule has 0 saturated heterocycles. The molecule has 0 bridgehead atoms. The molecule has 100 valence electrons. The molecular formula is C14H15F2N3. The molecule has 1 aromatic heterocycles. The van der Waals surface area contributed by atoms with E-state index in [4.69, 9.17) is 5.73 Å². The molecule has 5 heteroatoms. The van der Waals surface area contributed by atoms with Crippen molar-refractivity contribution in [1.82, 2.24) is 9.97 Å². The first-order chi connectivity index (χ1) is 9.02. The van der Waals surface area contributed by atoms with Crippen LogP contribution in [-0.2, 0) is 12.8 Å². The van der Waals surface area contributed by atoms with Crippen molar-refractivity contribution in [3.63, 3.8) is 0 Å². The lowest BCUT2D eigenvalue weighted by Gasteiger charge is -2.05. The maximum Gasteiger partial charge on any atom is 0.132 e. The van der Waals surface area contributed by atoms with Gasteiger partial charge in [-0.05, 0) is 36.6 Å². The highest BCUT2D eigenvalue weighted by Crippen LogP contribution is 2.11. The second-order valence-electron chi connectivity index (χ2n) is 4.64. The molecule has 0 aliphatic heterocycles. The molecule has 3 nitrogen and oxygen atoms in total. The molecule has 1 aromatic carbocycles. The Morgan fingerprint density at radius 3 is 2.16 bits per heavy atom. The molecule has 0 fully saturated rings. The van der Waals surface area contributed by atoms with E-state index in [9.17, 15) is 8.78 Å². The third-order valence-corrected chi connectivity index (χ3v) is 2.60. The maximum atomic E-state index is 13.0. The zero-order chi connectivity index (χ0) is 13.8. The third-order valence-electron chi connectivity index (χ3n) is 2.60. The number of nitrogens with two attached hydrogens (primary N) is 1. The van der Waals surface area contributed by atoms with Crippen LogP contribution in [0.4, 0.5) is 8.78 Å². The fourth-order valence-corrected chi connectivity index (χ4v) is 1.85. The standard InChI is InChI=1S/C14H15F2N3/c1-9(17)2-11-7-18-14(19-8-11)5-10-3-12(15)6-13(16)4-10/h3-4,6-9H,2,5,17H2,1H3. The van der Waals surface area contributed by atoms with Crippen LogP contribution in [0.25, 0.3) is 0 Å². The number of rotatable bonds is 4. The van der Waals surface area contributed by atoms with Gasteiger partial charge in [-0.2, -0.15) is 0 Å².